The fraction of sp³-hybridized carbons (Fsp3) is 0.571. The number of hydrogen-bond acceptors (Lipinski definition) is 2. The first-order valence-electron chi connectivity index (χ1n) is 6.20. The van der Waals surface area contributed by atoms with E-state index < -0.39 is 0 Å². The number of nitrogens with zero attached hydrogens (tertiary/aromatic N) is 1. The van der Waals surface area contributed by atoms with Crippen molar-refractivity contribution in [3.05, 3.63) is 29.8 Å². The van der Waals surface area contributed by atoms with Crippen molar-refractivity contribution in [3.8, 4) is 0 Å². The zero-order valence-corrected chi connectivity index (χ0v) is 10.4. The minimum Gasteiger partial charge on any atom is -0.371 e. The third-order valence-corrected chi connectivity index (χ3v) is 3.59. The van der Waals surface area contributed by atoms with Gasteiger partial charge in [0, 0.05) is 30.7 Å². The van der Waals surface area contributed by atoms with Crippen molar-refractivity contribution < 1.29 is 0 Å². The molecule has 1 aromatic carbocycles. The fourth-order valence-electron chi connectivity index (χ4n) is 2.39. The SMILES string of the molecule is CC(C)(CN)c1ccccc1N1CCCC1. The molecule has 0 spiro atoms. The highest BCUT2D eigenvalue weighted by atomic mass is 15.1. The molecule has 0 unspecified atom stereocenters. The monoisotopic (exact) mass is 218 g/mol. The first-order valence-corrected chi connectivity index (χ1v) is 6.20. The van der Waals surface area contributed by atoms with Gasteiger partial charge in [-0.05, 0) is 24.5 Å². The van der Waals surface area contributed by atoms with Crippen LogP contribution in [0.1, 0.15) is 32.3 Å². The minimum absolute atomic E-state index is 0.0686. The molecule has 1 fully saturated rings. The number of hydrogen-bond donors (Lipinski definition) is 1. The molecule has 2 rings (SSSR count). The van der Waals surface area contributed by atoms with Gasteiger partial charge in [0.25, 0.3) is 0 Å². The van der Waals surface area contributed by atoms with Gasteiger partial charge in [0.05, 0.1) is 0 Å². The van der Waals surface area contributed by atoms with Crippen LogP contribution in [0.25, 0.3) is 0 Å². The lowest BCUT2D eigenvalue weighted by Crippen LogP contribution is -2.31. The van der Waals surface area contributed by atoms with Gasteiger partial charge in [-0.2, -0.15) is 0 Å². The summed E-state index contributed by atoms with van der Waals surface area (Å²) < 4.78 is 0. The molecule has 0 radical (unpaired) electrons. The van der Waals surface area contributed by atoms with E-state index in [1.54, 1.807) is 0 Å². The van der Waals surface area contributed by atoms with Crippen LogP contribution in [0.3, 0.4) is 0 Å². The van der Waals surface area contributed by atoms with E-state index in [4.69, 9.17) is 5.73 Å². The van der Waals surface area contributed by atoms with Gasteiger partial charge in [-0.3, -0.25) is 0 Å². The predicted molar refractivity (Wildman–Crippen MR) is 70.0 cm³/mol. The number of rotatable bonds is 3. The lowest BCUT2D eigenvalue weighted by Gasteiger charge is -2.30. The van der Waals surface area contributed by atoms with Crippen molar-refractivity contribution in [1.82, 2.24) is 0 Å². The lowest BCUT2D eigenvalue weighted by molar-refractivity contribution is 0.538. The molecule has 0 aliphatic carbocycles. The van der Waals surface area contributed by atoms with E-state index in [9.17, 15) is 0 Å². The average Bonchev–Trinajstić information content (AvgIpc) is 2.82. The molecule has 1 aliphatic heterocycles. The Hall–Kier alpha value is -1.02. The van der Waals surface area contributed by atoms with Crippen LogP contribution >= 0.6 is 0 Å². The molecule has 1 heterocycles. The zero-order chi connectivity index (χ0) is 11.6. The lowest BCUT2D eigenvalue weighted by atomic mass is 9.83. The largest absolute Gasteiger partial charge is 0.371 e. The molecule has 16 heavy (non-hydrogen) atoms. The molecule has 0 amide bonds. The third-order valence-electron chi connectivity index (χ3n) is 3.59. The maximum atomic E-state index is 5.89. The molecular formula is C14H22N2. The second kappa shape index (κ2) is 4.46. The van der Waals surface area contributed by atoms with E-state index >= 15 is 0 Å². The highest BCUT2D eigenvalue weighted by Crippen LogP contribution is 2.33. The highest BCUT2D eigenvalue weighted by molar-refractivity contribution is 5.57. The molecule has 0 aromatic heterocycles. The number of benzene rings is 1. The molecule has 2 heteroatoms. The van der Waals surface area contributed by atoms with Crippen LogP contribution in [0, 0.1) is 0 Å². The highest BCUT2D eigenvalue weighted by Gasteiger charge is 2.24. The summed E-state index contributed by atoms with van der Waals surface area (Å²) in [5.74, 6) is 0. The van der Waals surface area contributed by atoms with Gasteiger partial charge in [-0.1, -0.05) is 32.0 Å². The summed E-state index contributed by atoms with van der Waals surface area (Å²) in [6.45, 7) is 7.52. The van der Waals surface area contributed by atoms with E-state index in [2.05, 4.69) is 43.0 Å². The van der Waals surface area contributed by atoms with Crippen LogP contribution in [-0.2, 0) is 5.41 Å². The molecule has 1 aromatic rings. The molecule has 2 N–H and O–H groups in total. The van der Waals surface area contributed by atoms with E-state index in [1.807, 2.05) is 0 Å². The molecule has 0 saturated carbocycles. The van der Waals surface area contributed by atoms with E-state index in [1.165, 1.54) is 37.2 Å². The summed E-state index contributed by atoms with van der Waals surface area (Å²) in [4.78, 5) is 2.49. The maximum absolute atomic E-state index is 5.89. The summed E-state index contributed by atoms with van der Waals surface area (Å²) in [6.07, 6.45) is 2.63. The molecule has 1 saturated heterocycles. The Balaban J connectivity index is 2.37. The molecular weight excluding hydrogens is 196 g/mol. The van der Waals surface area contributed by atoms with Crippen molar-refractivity contribution in [2.45, 2.75) is 32.1 Å². The summed E-state index contributed by atoms with van der Waals surface area (Å²) in [7, 11) is 0. The van der Waals surface area contributed by atoms with Crippen LogP contribution < -0.4 is 10.6 Å². The Labute approximate surface area is 98.4 Å². The van der Waals surface area contributed by atoms with Crippen molar-refractivity contribution in [2.24, 2.45) is 5.73 Å². The van der Waals surface area contributed by atoms with E-state index in [0.29, 0.717) is 6.54 Å². The van der Waals surface area contributed by atoms with Crippen molar-refractivity contribution in [2.75, 3.05) is 24.5 Å². The van der Waals surface area contributed by atoms with Crippen LogP contribution in [-0.4, -0.2) is 19.6 Å². The van der Waals surface area contributed by atoms with Gasteiger partial charge in [-0.25, -0.2) is 0 Å². The normalized spacial score (nSPS) is 16.8. The van der Waals surface area contributed by atoms with E-state index in [0.717, 1.165) is 0 Å². The number of anilines is 1. The molecule has 0 atom stereocenters. The Morgan fingerprint density at radius 3 is 2.44 bits per heavy atom. The van der Waals surface area contributed by atoms with Crippen molar-refractivity contribution in [1.29, 1.82) is 0 Å². The molecule has 1 aliphatic rings. The Kier molecular flexibility index (Phi) is 3.20. The summed E-state index contributed by atoms with van der Waals surface area (Å²) in [5.41, 5.74) is 8.73. The Morgan fingerprint density at radius 2 is 1.81 bits per heavy atom. The van der Waals surface area contributed by atoms with Gasteiger partial charge in [0.1, 0.15) is 0 Å². The maximum Gasteiger partial charge on any atom is 0.0404 e. The van der Waals surface area contributed by atoms with Gasteiger partial charge >= 0.3 is 0 Å². The standard InChI is InChI=1S/C14H22N2/c1-14(2,11-15)12-7-3-4-8-13(12)16-9-5-6-10-16/h3-4,7-8H,5-6,9-11,15H2,1-2H3. The van der Waals surface area contributed by atoms with Gasteiger partial charge in [0.2, 0.25) is 0 Å². The molecule has 88 valence electrons. The second-order valence-electron chi connectivity index (χ2n) is 5.30. The Bertz CT molecular complexity index is 352. The first-order chi connectivity index (χ1) is 7.65. The van der Waals surface area contributed by atoms with Crippen LogP contribution in [0.15, 0.2) is 24.3 Å². The van der Waals surface area contributed by atoms with E-state index in [-0.39, 0.29) is 5.41 Å². The van der Waals surface area contributed by atoms with Crippen LogP contribution in [0.2, 0.25) is 0 Å². The third kappa shape index (κ3) is 2.07. The van der Waals surface area contributed by atoms with Crippen LogP contribution in [0.5, 0.6) is 0 Å². The van der Waals surface area contributed by atoms with Crippen LogP contribution in [0.4, 0.5) is 5.69 Å². The summed E-state index contributed by atoms with van der Waals surface area (Å²) >= 11 is 0. The molecule has 2 nitrogen and oxygen atoms in total. The second-order valence-corrected chi connectivity index (χ2v) is 5.30. The first kappa shape index (κ1) is 11.5. The average molecular weight is 218 g/mol. The number of nitrogens with two attached hydrogens (primary N) is 1. The van der Waals surface area contributed by atoms with Crippen molar-refractivity contribution in [3.63, 3.8) is 0 Å². The summed E-state index contributed by atoms with van der Waals surface area (Å²) in [6, 6.07) is 8.70. The fourth-order valence-corrected chi connectivity index (χ4v) is 2.39. The summed E-state index contributed by atoms with van der Waals surface area (Å²) in [5, 5.41) is 0. The van der Waals surface area contributed by atoms with Gasteiger partial charge < -0.3 is 10.6 Å². The zero-order valence-electron chi connectivity index (χ0n) is 10.4. The predicted octanol–water partition coefficient (Wildman–Crippen LogP) is 2.52. The minimum atomic E-state index is 0.0686. The molecule has 0 bridgehead atoms. The Morgan fingerprint density at radius 1 is 1.19 bits per heavy atom. The quantitative estimate of drug-likeness (QED) is 0.844. The topological polar surface area (TPSA) is 29.3 Å². The number of para-hydroxylation sites is 1. The van der Waals surface area contributed by atoms with Gasteiger partial charge in [-0.15, -0.1) is 0 Å². The van der Waals surface area contributed by atoms with Gasteiger partial charge in [0.15, 0.2) is 0 Å². The van der Waals surface area contributed by atoms with Crippen molar-refractivity contribution >= 4 is 5.69 Å². The smallest absolute Gasteiger partial charge is 0.0404 e.